The highest BCUT2D eigenvalue weighted by atomic mass is 16.5. The average Bonchev–Trinajstić information content (AvgIpc) is 3.01. The van der Waals surface area contributed by atoms with Gasteiger partial charge in [-0.25, -0.2) is 0 Å². The molecule has 0 saturated carbocycles. The van der Waals surface area contributed by atoms with Crippen LogP contribution in [-0.2, 0) is 11.3 Å². The van der Waals surface area contributed by atoms with E-state index < -0.39 is 0 Å². The van der Waals surface area contributed by atoms with Crippen molar-refractivity contribution in [1.29, 1.82) is 5.26 Å². The molecule has 3 rings (SSSR count). The fraction of sp³-hybridized carbons (Fsp3) is 0.318. The lowest BCUT2D eigenvalue weighted by Gasteiger charge is -2.11. The smallest absolute Gasteiger partial charge is 0.120 e. The Morgan fingerprint density at radius 2 is 1.74 bits per heavy atom. The predicted molar refractivity (Wildman–Crippen MR) is 106 cm³/mol. The molecule has 27 heavy (non-hydrogen) atoms. The van der Waals surface area contributed by atoms with Gasteiger partial charge in [-0.05, 0) is 48.4 Å². The first-order valence-electron chi connectivity index (χ1n) is 9.06. The van der Waals surface area contributed by atoms with E-state index in [0.29, 0.717) is 18.8 Å². The van der Waals surface area contributed by atoms with E-state index >= 15 is 0 Å². The van der Waals surface area contributed by atoms with Crippen molar-refractivity contribution in [3.63, 3.8) is 0 Å². The summed E-state index contributed by atoms with van der Waals surface area (Å²) < 4.78 is 18.2. The minimum atomic E-state index is 0.509. The SMILES string of the molecule is CCCn1c(-c2ccc(OCCOC)cc2)c(C#N)c2ccc(OC)cc21. The van der Waals surface area contributed by atoms with E-state index in [4.69, 9.17) is 14.2 Å². The van der Waals surface area contributed by atoms with Gasteiger partial charge in [0, 0.05) is 25.1 Å². The minimum absolute atomic E-state index is 0.509. The Balaban J connectivity index is 2.09. The first-order valence-corrected chi connectivity index (χ1v) is 9.06. The van der Waals surface area contributed by atoms with E-state index in [2.05, 4.69) is 17.6 Å². The van der Waals surface area contributed by atoms with E-state index in [9.17, 15) is 5.26 Å². The lowest BCUT2D eigenvalue weighted by molar-refractivity contribution is 0.146. The Morgan fingerprint density at radius 3 is 2.37 bits per heavy atom. The maximum absolute atomic E-state index is 9.85. The van der Waals surface area contributed by atoms with Crippen LogP contribution < -0.4 is 9.47 Å². The van der Waals surface area contributed by atoms with E-state index in [0.717, 1.165) is 46.6 Å². The molecule has 0 fully saturated rings. The zero-order valence-electron chi connectivity index (χ0n) is 16.0. The number of fused-ring (bicyclic) bond motifs is 1. The van der Waals surface area contributed by atoms with Crippen molar-refractivity contribution in [3.8, 4) is 28.8 Å². The molecule has 0 aliphatic heterocycles. The number of ether oxygens (including phenoxy) is 3. The van der Waals surface area contributed by atoms with Crippen LogP contribution in [-0.4, -0.2) is 32.0 Å². The molecule has 0 unspecified atom stereocenters. The van der Waals surface area contributed by atoms with Crippen molar-refractivity contribution in [3.05, 3.63) is 48.0 Å². The van der Waals surface area contributed by atoms with E-state index in [1.54, 1.807) is 14.2 Å². The summed E-state index contributed by atoms with van der Waals surface area (Å²) in [5, 5.41) is 10.8. The molecular weight excluding hydrogens is 340 g/mol. The van der Waals surface area contributed by atoms with E-state index in [1.165, 1.54) is 0 Å². The predicted octanol–water partition coefficient (Wildman–Crippen LogP) is 4.62. The fourth-order valence-corrected chi connectivity index (χ4v) is 3.28. The Kier molecular flexibility index (Phi) is 6.00. The molecule has 0 radical (unpaired) electrons. The van der Waals surface area contributed by atoms with E-state index in [-0.39, 0.29) is 0 Å². The molecule has 0 spiro atoms. The summed E-state index contributed by atoms with van der Waals surface area (Å²) in [6.45, 7) is 4.02. The number of benzene rings is 2. The van der Waals surface area contributed by atoms with Crippen LogP contribution >= 0.6 is 0 Å². The molecule has 140 valence electrons. The number of aromatic nitrogens is 1. The maximum Gasteiger partial charge on any atom is 0.120 e. The van der Waals surface area contributed by atoms with Crippen molar-refractivity contribution in [2.45, 2.75) is 19.9 Å². The van der Waals surface area contributed by atoms with E-state index in [1.807, 2.05) is 42.5 Å². The second-order valence-electron chi connectivity index (χ2n) is 6.24. The van der Waals surface area contributed by atoms with Crippen LogP contribution in [0.5, 0.6) is 11.5 Å². The van der Waals surface area contributed by atoms with Crippen molar-refractivity contribution in [2.24, 2.45) is 0 Å². The number of methoxy groups -OCH3 is 2. The van der Waals surface area contributed by atoms with Gasteiger partial charge in [-0.1, -0.05) is 6.92 Å². The van der Waals surface area contributed by atoms with Gasteiger partial charge in [0.15, 0.2) is 0 Å². The molecule has 0 atom stereocenters. The van der Waals surface area contributed by atoms with Gasteiger partial charge in [0.2, 0.25) is 0 Å². The van der Waals surface area contributed by atoms with Gasteiger partial charge in [-0.2, -0.15) is 5.26 Å². The molecule has 0 N–H and O–H groups in total. The molecule has 0 bridgehead atoms. The molecule has 5 nitrogen and oxygen atoms in total. The number of hydrogen-bond donors (Lipinski definition) is 0. The molecule has 0 aliphatic carbocycles. The van der Waals surface area contributed by atoms with Gasteiger partial charge in [-0.3, -0.25) is 0 Å². The third-order valence-corrected chi connectivity index (χ3v) is 4.51. The van der Waals surface area contributed by atoms with Crippen molar-refractivity contribution in [1.82, 2.24) is 4.57 Å². The zero-order valence-corrected chi connectivity index (χ0v) is 16.0. The highest BCUT2D eigenvalue weighted by Crippen LogP contribution is 2.36. The number of nitriles is 1. The highest BCUT2D eigenvalue weighted by molar-refractivity contribution is 5.95. The number of hydrogen-bond acceptors (Lipinski definition) is 4. The molecule has 2 aromatic carbocycles. The van der Waals surface area contributed by atoms with Crippen molar-refractivity contribution >= 4 is 10.9 Å². The van der Waals surface area contributed by atoms with Gasteiger partial charge in [0.25, 0.3) is 0 Å². The summed E-state index contributed by atoms with van der Waals surface area (Å²) in [5.74, 6) is 1.57. The van der Waals surface area contributed by atoms with Crippen LogP contribution in [0.15, 0.2) is 42.5 Å². The summed E-state index contributed by atoms with van der Waals surface area (Å²) in [6.07, 6.45) is 0.969. The molecule has 1 aromatic heterocycles. The quantitative estimate of drug-likeness (QED) is 0.547. The summed E-state index contributed by atoms with van der Waals surface area (Å²) in [4.78, 5) is 0. The maximum atomic E-state index is 9.85. The second-order valence-corrected chi connectivity index (χ2v) is 6.24. The zero-order chi connectivity index (χ0) is 19.2. The Morgan fingerprint density at radius 1 is 1.00 bits per heavy atom. The average molecular weight is 364 g/mol. The Bertz CT molecular complexity index is 952. The van der Waals surface area contributed by atoms with Crippen molar-refractivity contribution < 1.29 is 14.2 Å². The van der Waals surface area contributed by atoms with Crippen LogP contribution in [0.25, 0.3) is 22.2 Å². The van der Waals surface area contributed by atoms with Crippen molar-refractivity contribution in [2.75, 3.05) is 27.4 Å². The fourth-order valence-electron chi connectivity index (χ4n) is 3.28. The van der Waals surface area contributed by atoms with Crippen LogP contribution in [0.3, 0.4) is 0 Å². The first kappa shape index (κ1) is 18.8. The molecule has 1 heterocycles. The largest absolute Gasteiger partial charge is 0.497 e. The lowest BCUT2D eigenvalue weighted by atomic mass is 10.1. The monoisotopic (exact) mass is 364 g/mol. The van der Waals surface area contributed by atoms with Gasteiger partial charge in [-0.15, -0.1) is 0 Å². The van der Waals surface area contributed by atoms with Gasteiger partial charge in [0.05, 0.1) is 30.5 Å². The van der Waals surface area contributed by atoms with Gasteiger partial charge in [0.1, 0.15) is 24.2 Å². The second kappa shape index (κ2) is 8.61. The number of aryl methyl sites for hydroxylation is 1. The molecule has 0 amide bonds. The molecule has 0 saturated heterocycles. The molecule has 0 aliphatic rings. The summed E-state index contributed by atoms with van der Waals surface area (Å²) >= 11 is 0. The molecule has 5 heteroatoms. The minimum Gasteiger partial charge on any atom is -0.497 e. The van der Waals surface area contributed by atoms with Crippen LogP contribution in [0.1, 0.15) is 18.9 Å². The highest BCUT2D eigenvalue weighted by Gasteiger charge is 2.19. The van der Waals surface area contributed by atoms with Crippen LogP contribution in [0, 0.1) is 11.3 Å². The number of nitrogens with zero attached hydrogens (tertiary/aromatic N) is 2. The van der Waals surface area contributed by atoms with Crippen LogP contribution in [0.2, 0.25) is 0 Å². The van der Waals surface area contributed by atoms with Crippen LogP contribution in [0.4, 0.5) is 0 Å². The molecular formula is C22H24N2O3. The number of rotatable bonds is 8. The third kappa shape index (κ3) is 3.76. The normalized spacial score (nSPS) is 10.7. The van der Waals surface area contributed by atoms with Gasteiger partial charge >= 0.3 is 0 Å². The Labute approximate surface area is 159 Å². The molecule has 3 aromatic rings. The third-order valence-electron chi connectivity index (χ3n) is 4.51. The van der Waals surface area contributed by atoms with Gasteiger partial charge < -0.3 is 18.8 Å². The summed E-state index contributed by atoms with van der Waals surface area (Å²) in [5.41, 5.74) is 3.64. The first-order chi connectivity index (χ1) is 13.2. The Hall–Kier alpha value is -2.97. The lowest BCUT2D eigenvalue weighted by Crippen LogP contribution is -2.04. The topological polar surface area (TPSA) is 56.4 Å². The standard InChI is InChI=1S/C22H24N2O3/c1-4-11-24-21-14-18(26-3)9-10-19(21)20(15-23)22(24)16-5-7-17(8-6-16)27-13-12-25-2/h5-10,14H,4,11-13H2,1-3H3. The summed E-state index contributed by atoms with van der Waals surface area (Å²) in [7, 11) is 3.31. The summed E-state index contributed by atoms with van der Waals surface area (Å²) in [6, 6.07) is 16.1.